The van der Waals surface area contributed by atoms with Gasteiger partial charge in [-0.1, -0.05) is 19.3 Å². The molecule has 0 heterocycles. The zero-order chi connectivity index (χ0) is 17.5. The van der Waals surface area contributed by atoms with Crippen molar-refractivity contribution in [3.63, 3.8) is 0 Å². The fourth-order valence-electron chi connectivity index (χ4n) is 2.92. The first-order valence-corrected chi connectivity index (χ1v) is 8.02. The van der Waals surface area contributed by atoms with E-state index in [1.165, 1.54) is 12.1 Å². The number of hydrogen-bond acceptors (Lipinski definition) is 4. The highest BCUT2D eigenvalue weighted by atomic mass is 16.5. The molecular weight excluding hydrogens is 312 g/mol. The van der Waals surface area contributed by atoms with Gasteiger partial charge >= 0.3 is 5.97 Å². The van der Waals surface area contributed by atoms with E-state index >= 15 is 0 Å². The first kappa shape index (κ1) is 17.8. The van der Waals surface area contributed by atoms with Crippen LogP contribution in [0.2, 0.25) is 0 Å². The molecule has 7 nitrogen and oxygen atoms in total. The number of primary amides is 1. The molecular formula is C17H22N2O5. The van der Waals surface area contributed by atoms with Gasteiger partial charge in [0.05, 0.1) is 5.92 Å². The number of carbonyl (C=O) groups excluding carboxylic acids is 2. The average Bonchev–Trinajstić information content (AvgIpc) is 2.79. The van der Waals surface area contributed by atoms with Gasteiger partial charge in [0.1, 0.15) is 5.75 Å². The van der Waals surface area contributed by atoms with Gasteiger partial charge < -0.3 is 20.9 Å². The van der Waals surface area contributed by atoms with Gasteiger partial charge in [0.15, 0.2) is 6.61 Å². The first-order valence-electron chi connectivity index (χ1n) is 8.02. The maximum atomic E-state index is 12.4. The molecule has 0 aliphatic heterocycles. The number of nitrogens with two attached hydrogens (primary N) is 1. The Morgan fingerprint density at radius 2 is 1.79 bits per heavy atom. The van der Waals surface area contributed by atoms with Crippen LogP contribution in [0, 0.1) is 5.92 Å². The van der Waals surface area contributed by atoms with Crippen molar-refractivity contribution in [2.24, 2.45) is 11.7 Å². The third kappa shape index (κ3) is 4.97. The molecule has 2 rings (SSSR count). The van der Waals surface area contributed by atoms with Crippen LogP contribution in [0.25, 0.3) is 0 Å². The SMILES string of the molecule is NC(=O)C1CCCCCC1NC(=O)c1ccc(OCC(=O)O)cc1. The minimum atomic E-state index is -1.07. The Hall–Kier alpha value is -2.57. The molecule has 1 aromatic rings. The lowest BCUT2D eigenvalue weighted by molar-refractivity contribution is -0.139. The van der Waals surface area contributed by atoms with Gasteiger partial charge in [-0.05, 0) is 37.1 Å². The summed E-state index contributed by atoms with van der Waals surface area (Å²) in [5.74, 6) is -1.69. The molecule has 7 heteroatoms. The predicted molar refractivity (Wildman–Crippen MR) is 86.6 cm³/mol. The minimum Gasteiger partial charge on any atom is -0.482 e. The second-order valence-electron chi connectivity index (χ2n) is 5.93. The maximum absolute atomic E-state index is 12.4. The monoisotopic (exact) mass is 334 g/mol. The Morgan fingerprint density at radius 3 is 2.42 bits per heavy atom. The Bertz CT molecular complexity index is 600. The quantitative estimate of drug-likeness (QED) is 0.678. The molecule has 1 aromatic carbocycles. The van der Waals surface area contributed by atoms with Crippen LogP contribution in [0.3, 0.4) is 0 Å². The lowest BCUT2D eigenvalue weighted by atomic mass is 9.94. The van der Waals surface area contributed by atoms with E-state index in [-0.39, 0.29) is 23.8 Å². The zero-order valence-corrected chi connectivity index (χ0v) is 13.4. The Morgan fingerprint density at radius 1 is 1.12 bits per heavy atom. The minimum absolute atomic E-state index is 0.250. The van der Waals surface area contributed by atoms with E-state index in [4.69, 9.17) is 15.6 Å². The summed E-state index contributed by atoms with van der Waals surface area (Å²) >= 11 is 0. The van der Waals surface area contributed by atoms with Crippen molar-refractivity contribution < 1.29 is 24.2 Å². The third-order valence-electron chi connectivity index (χ3n) is 4.18. The van der Waals surface area contributed by atoms with Crippen LogP contribution >= 0.6 is 0 Å². The van der Waals surface area contributed by atoms with Gasteiger partial charge in [0.2, 0.25) is 5.91 Å². The maximum Gasteiger partial charge on any atom is 0.341 e. The van der Waals surface area contributed by atoms with Crippen LogP contribution in [0.4, 0.5) is 0 Å². The number of carbonyl (C=O) groups is 3. The highest BCUT2D eigenvalue weighted by Crippen LogP contribution is 2.24. The molecule has 4 N–H and O–H groups in total. The number of hydrogen-bond donors (Lipinski definition) is 3. The fourth-order valence-corrected chi connectivity index (χ4v) is 2.92. The van der Waals surface area contributed by atoms with E-state index in [9.17, 15) is 14.4 Å². The highest BCUT2D eigenvalue weighted by molar-refractivity contribution is 5.95. The van der Waals surface area contributed by atoms with E-state index in [2.05, 4.69) is 5.32 Å². The number of rotatable bonds is 6. The van der Waals surface area contributed by atoms with Crippen molar-refractivity contribution in [2.75, 3.05) is 6.61 Å². The smallest absolute Gasteiger partial charge is 0.341 e. The van der Waals surface area contributed by atoms with Crippen molar-refractivity contribution in [3.05, 3.63) is 29.8 Å². The van der Waals surface area contributed by atoms with E-state index in [1.54, 1.807) is 12.1 Å². The summed E-state index contributed by atoms with van der Waals surface area (Å²) in [6.07, 6.45) is 4.36. The molecule has 1 aliphatic rings. The van der Waals surface area contributed by atoms with Crippen LogP contribution < -0.4 is 15.8 Å². The Kier molecular flexibility index (Phi) is 6.17. The summed E-state index contributed by atoms with van der Waals surface area (Å²) in [4.78, 5) is 34.4. The van der Waals surface area contributed by atoms with E-state index in [0.29, 0.717) is 17.7 Å². The number of carboxylic acids is 1. The molecule has 2 atom stereocenters. The fraction of sp³-hybridized carbons (Fsp3) is 0.471. The number of amides is 2. The van der Waals surface area contributed by atoms with E-state index < -0.39 is 12.6 Å². The van der Waals surface area contributed by atoms with E-state index in [1.807, 2.05) is 0 Å². The lowest BCUT2D eigenvalue weighted by Crippen LogP contribution is -2.44. The predicted octanol–water partition coefficient (Wildman–Crippen LogP) is 1.31. The molecule has 0 saturated heterocycles. The van der Waals surface area contributed by atoms with Crippen LogP contribution in [0.15, 0.2) is 24.3 Å². The second kappa shape index (κ2) is 8.33. The summed E-state index contributed by atoms with van der Waals surface area (Å²) in [5, 5.41) is 11.5. The molecule has 2 unspecified atom stereocenters. The largest absolute Gasteiger partial charge is 0.482 e. The molecule has 1 aliphatic carbocycles. The van der Waals surface area contributed by atoms with Crippen LogP contribution in [-0.2, 0) is 9.59 Å². The summed E-state index contributed by atoms with van der Waals surface area (Å²) < 4.78 is 5.02. The van der Waals surface area contributed by atoms with Crippen molar-refractivity contribution in [2.45, 2.75) is 38.1 Å². The van der Waals surface area contributed by atoms with Gasteiger partial charge in [-0.3, -0.25) is 9.59 Å². The molecule has 130 valence electrons. The van der Waals surface area contributed by atoms with Crippen molar-refractivity contribution in [1.82, 2.24) is 5.32 Å². The van der Waals surface area contributed by atoms with E-state index in [0.717, 1.165) is 25.7 Å². The van der Waals surface area contributed by atoms with Crippen molar-refractivity contribution >= 4 is 17.8 Å². The van der Waals surface area contributed by atoms with Crippen molar-refractivity contribution in [1.29, 1.82) is 0 Å². The van der Waals surface area contributed by atoms with Gasteiger partial charge in [0.25, 0.3) is 5.91 Å². The van der Waals surface area contributed by atoms with Gasteiger partial charge in [-0.2, -0.15) is 0 Å². The Balaban J connectivity index is 1.99. The zero-order valence-electron chi connectivity index (χ0n) is 13.4. The molecule has 24 heavy (non-hydrogen) atoms. The molecule has 0 aromatic heterocycles. The summed E-state index contributed by atoms with van der Waals surface area (Å²) in [6, 6.07) is 5.94. The summed E-state index contributed by atoms with van der Waals surface area (Å²) in [6.45, 7) is -0.437. The van der Waals surface area contributed by atoms with Gasteiger partial charge in [-0.15, -0.1) is 0 Å². The topological polar surface area (TPSA) is 119 Å². The molecule has 0 bridgehead atoms. The molecule has 0 radical (unpaired) electrons. The van der Waals surface area contributed by atoms with Gasteiger partial charge in [-0.25, -0.2) is 4.79 Å². The highest BCUT2D eigenvalue weighted by Gasteiger charge is 2.29. The lowest BCUT2D eigenvalue weighted by Gasteiger charge is -2.23. The molecule has 2 amide bonds. The van der Waals surface area contributed by atoms with Gasteiger partial charge in [0, 0.05) is 11.6 Å². The normalized spacial score (nSPS) is 20.7. The standard InChI is InChI=1S/C17H22N2O5/c18-16(22)13-4-2-1-3-5-14(13)19-17(23)11-6-8-12(9-7-11)24-10-15(20)21/h6-9,13-14H,1-5,10H2,(H2,18,22)(H,19,23)(H,20,21). The number of ether oxygens (including phenoxy) is 1. The molecule has 0 spiro atoms. The number of carboxylic acid groups (broad SMARTS) is 1. The average molecular weight is 334 g/mol. The number of nitrogens with one attached hydrogen (secondary N) is 1. The summed E-state index contributed by atoms with van der Waals surface area (Å²) in [7, 11) is 0. The first-order chi connectivity index (χ1) is 11.5. The third-order valence-corrected chi connectivity index (χ3v) is 4.18. The Labute approximate surface area is 140 Å². The van der Waals surface area contributed by atoms with Crippen LogP contribution in [-0.4, -0.2) is 35.5 Å². The van der Waals surface area contributed by atoms with Crippen molar-refractivity contribution in [3.8, 4) is 5.75 Å². The summed E-state index contributed by atoms with van der Waals surface area (Å²) in [5.41, 5.74) is 5.89. The molecule has 1 fully saturated rings. The number of aliphatic carboxylic acids is 1. The van der Waals surface area contributed by atoms with Crippen LogP contribution in [0.1, 0.15) is 42.5 Å². The molecule has 1 saturated carbocycles. The van der Waals surface area contributed by atoms with Crippen LogP contribution in [0.5, 0.6) is 5.75 Å². The second-order valence-corrected chi connectivity index (χ2v) is 5.93. The number of benzene rings is 1.